The smallest absolute Gasteiger partial charge is 0.297 e. The highest BCUT2D eigenvalue weighted by molar-refractivity contribution is 7.86. The number of benzene rings is 1. The monoisotopic (exact) mass is 383 g/mol. The van der Waals surface area contributed by atoms with Crippen LogP contribution in [0.15, 0.2) is 29.2 Å². The van der Waals surface area contributed by atoms with Crippen LogP contribution < -0.4 is 0 Å². The number of piperidine rings is 1. The van der Waals surface area contributed by atoms with Crippen molar-refractivity contribution in [2.24, 2.45) is 0 Å². The molecular formula is C18H25NO6S. The summed E-state index contributed by atoms with van der Waals surface area (Å²) in [5, 5.41) is 10.9. The van der Waals surface area contributed by atoms with Crippen LogP contribution in [0.5, 0.6) is 0 Å². The van der Waals surface area contributed by atoms with Crippen molar-refractivity contribution in [2.45, 2.75) is 61.7 Å². The van der Waals surface area contributed by atoms with Crippen LogP contribution >= 0.6 is 0 Å². The van der Waals surface area contributed by atoms with Gasteiger partial charge >= 0.3 is 0 Å². The topological polar surface area (TPSA) is 85.3 Å². The zero-order chi connectivity index (χ0) is 18.3. The molecule has 3 heterocycles. The third-order valence-corrected chi connectivity index (χ3v) is 6.75. The van der Waals surface area contributed by atoms with Gasteiger partial charge in [0.2, 0.25) is 0 Å². The third-order valence-electron chi connectivity index (χ3n) is 5.43. The molecule has 1 aromatic rings. The Balaban J connectivity index is 1.56. The third kappa shape index (κ3) is 3.42. The quantitative estimate of drug-likeness (QED) is 0.778. The first-order valence-electron chi connectivity index (χ1n) is 9.15. The van der Waals surface area contributed by atoms with E-state index >= 15 is 0 Å². The van der Waals surface area contributed by atoms with E-state index in [2.05, 4.69) is 4.90 Å². The average molecular weight is 383 g/mol. The summed E-state index contributed by atoms with van der Waals surface area (Å²) >= 11 is 0. The molecule has 0 spiro atoms. The minimum atomic E-state index is -4.03. The predicted octanol–water partition coefficient (Wildman–Crippen LogP) is 1.04. The second-order valence-electron chi connectivity index (χ2n) is 7.28. The van der Waals surface area contributed by atoms with Crippen LogP contribution in [0.2, 0.25) is 0 Å². The van der Waals surface area contributed by atoms with Gasteiger partial charge in [-0.25, -0.2) is 0 Å². The Morgan fingerprint density at radius 1 is 1.15 bits per heavy atom. The summed E-state index contributed by atoms with van der Waals surface area (Å²) in [5.41, 5.74) is 0.956. The molecule has 8 heteroatoms. The zero-order valence-electron chi connectivity index (χ0n) is 14.8. The highest BCUT2D eigenvalue weighted by atomic mass is 32.2. The first-order chi connectivity index (χ1) is 12.5. The van der Waals surface area contributed by atoms with Crippen molar-refractivity contribution in [3.8, 4) is 0 Å². The molecule has 0 amide bonds. The number of rotatable bonds is 4. The second kappa shape index (κ2) is 7.18. The predicted molar refractivity (Wildman–Crippen MR) is 93.1 cm³/mol. The summed E-state index contributed by atoms with van der Waals surface area (Å²) in [5.74, 6) is 0. The number of ether oxygens (including phenoxy) is 2. The standard InChI is InChI=1S/C18H25NO6S/c1-12-5-7-13(8-6-12)26(21,22)25-17-16(20)15(14-11-23-18(17)24-14)19-9-3-2-4-10-19/h5-8,14-18,20H,2-4,9-11H2,1H3/t14-,15-,16+,17+,18-/m1/s1. The maximum absolute atomic E-state index is 12.7. The van der Waals surface area contributed by atoms with Crippen LogP contribution in [-0.4, -0.2) is 68.8 Å². The molecule has 2 bridgehead atoms. The van der Waals surface area contributed by atoms with Crippen LogP contribution in [0.1, 0.15) is 24.8 Å². The Kier molecular flexibility index (Phi) is 5.06. The molecule has 1 aromatic carbocycles. The maximum Gasteiger partial charge on any atom is 0.297 e. The molecule has 0 aliphatic carbocycles. The fraction of sp³-hybridized carbons (Fsp3) is 0.667. The molecule has 3 saturated heterocycles. The van der Waals surface area contributed by atoms with Crippen molar-refractivity contribution in [1.82, 2.24) is 4.90 Å². The van der Waals surface area contributed by atoms with E-state index < -0.39 is 28.6 Å². The number of fused-ring (bicyclic) bond motifs is 2. The molecule has 0 aromatic heterocycles. The number of hydrogen-bond acceptors (Lipinski definition) is 7. The number of hydrogen-bond donors (Lipinski definition) is 1. The van der Waals surface area contributed by atoms with Gasteiger partial charge in [0.15, 0.2) is 12.4 Å². The number of aliphatic hydroxyl groups excluding tert-OH is 1. The molecule has 4 rings (SSSR count). The van der Waals surface area contributed by atoms with Crippen molar-refractivity contribution < 1.29 is 27.2 Å². The molecule has 0 saturated carbocycles. The highest BCUT2D eigenvalue weighted by Gasteiger charge is 2.54. The number of aliphatic hydroxyl groups is 1. The van der Waals surface area contributed by atoms with Gasteiger partial charge in [0.05, 0.1) is 17.5 Å². The summed E-state index contributed by atoms with van der Waals surface area (Å²) in [4.78, 5) is 2.24. The van der Waals surface area contributed by atoms with Gasteiger partial charge in [-0.3, -0.25) is 9.08 Å². The van der Waals surface area contributed by atoms with Crippen molar-refractivity contribution >= 4 is 10.1 Å². The molecular weight excluding hydrogens is 358 g/mol. The summed E-state index contributed by atoms with van der Waals surface area (Å²) < 4.78 is 42.1. The summed E-state index contributed by atoms with van der Waals surface area (Å²) in [6, 6.07) is 6.11. The molecule has 144 valence electrons. The van der Waals surface area contributed by atoms with E-state index in [-0.39, 0.29) is 17.0 Å². The van der Waals surface area contributed by atoms with Crippen molar-refractivity contribution in [1.29, 1.82) is 0 Å². The van der Waals surface area contributed by atoms with Crippen LogP contribution in [0.4, 0.5) is 0 Å². The molecule has 3 aliphatic rings. The SMILES string of the molecule is Cc1ccc(S(=O)(=O)O[C@@H]2[C@@H]3OC[C@@H](O3)[C@@H](N3CCCCC3)[C@@H]2O)cc1. The van der Waals surface area contributed by atoms with Gasteiger partial charge in [-0.05, 0) is 45.0 Å². The summed E-state index contributed by atoms with van der Waals surface area (Å²) in [6.45, 7) is 3.95. The normalized spacial score (nSPS) is 35.5. The lowest BCUT2D eigenvalue weighted by Crippen LogP contribution is -2.62. The van der Waals surface area contributed by atoms with Crippen molar-refractivity contribution in [3.05, 3.63) is 29.8 Å². The van der Waals surface area contributed by atoms with Crippen LogP contribution in [0, 0.1) is 6.92 Å². The van der Waals surface area contributed by atoms with Gasteiger partial charge in [0.1, 0.15) is 12.2 Å². The summed E-state index contributed by atoms with van der Waals surface area (Å²) in [6.07, 6.45) is 0.116. The lowest BCUT2D eigenvalue weighted by atomic mass is 9.94. The number of nitrogens with zero attached hydrogens (tertiary/aromatic N) is 1. The summed E-state index contributed by atoms with van der Waals surface area (Å²) in [7, 11) is -4.03. The Hall–Kier alpha value is -1.03. The fourth-order valence-corrected chi connectivity index (χ4v) is 5.12. The van der Waals surface area contributed by atoms with E-state index in [1.54, 1.807) is 12.1 Å². The van der Waals surface area contributed by atoms with Gasteiger partial charge in [0.25, 0.3) is 10.1 Å². The Morgan fingerprint density at radius 3 is 2.54 bits per heavy atom. The van der Waals surface area contributed by atoms with Gasteiger partial charge in [-0.1, -0.05) is 24.1 Å². The minimum absolute atomic E-state index is 0.0601. The van der Waals surface area contributed by atoms with E-state index in [4.69, 9.17) is 13.7 Å². The minimum Gasteiger partial charge on any atom is -0.388 e. The average Bonchev–Trinajstić information content (AvgIpc) is 3.06. The Morgan fingerprint density at radius 2 is 1.85 bits per heavy atom. The molecule has 3 fully saturated rings. The Bertz CT molecular complexity index is 731. The lowest BCUT2D eigenvalue weighted by molar-refractivity contribution is -0.208. The van der Waals surface area contributed by atoms with E-state index in [0.29, 0.717) is 6.61 Å². The van der Waals surface area contributed by atoms with E-state index in [0.717, 1.165) is 31.5 Å². The maximum atomic E-state index is 12.7. The molecule has 7 nitrogen and oxygen atoms in total. The molecule has 26 heavy (non-hydrogen) atoms. The highest BCUT2D eigenvalue weighted by Crippen LogP contribution is 2.35. The van der Waals surface area contributed by atoms with Crippen LogP contribution in [-0.2, 0) is 23.8 Å². The second-order valence-corrected chi connectivity index (χ2v) is 8.85. The first-order valence-corrected chi connectivity index (χ1v) is 10.6. The molecule has 1 N–H and O–H groups in total. The van der Waals surface area contributed by atoms with Crippen molar-refractivity contribution in [2.75, 3.05) is 19.7 Å². The Labute approximate surface area is 154 Å². The number of aryl methyl sites for hydroxylation is 1. The van der Waals surface area contributed by atoms with Crippen LogP contribution in [0.3, 0.4) is 0 Å². The number of likely N-dealkylation sites (tertiary alicyclic amines) is 1. The molecule has 5 atom stereocenters. The van der Waals surface area contributed by atoms with E-state index in [1.807, 2.05) is 6.92 Å². The van der Waals surface area contributed by atoms with E-state index in [1.165, 1.54) is 18.6 Å². The van der Waals surface area contributed by atoms with E-state index in [9.17, 15) is 13.5 Å². The van der Waals surface area contributed by atoms with Crippen molar-refractivity contribution in [3.63, 3.8) is 0 Å². The van der Waals surface area contributed by atoms with Crippen LogP contribution in [0.25, 0.3) is 0 Å². The fourth-order valence-electron chi connectivity index (χ4n) is 4.04. The van der Waals surface area contributed by atoms with Gasteiger partial charge in [-0.15, -0.1) is 0 Å². The first kappa shape index (κ1) is 18.3. The molecule has 0 unspecified atom stereocenters. The zero-order valence-corrected chi connectivity index (χ0v) is 15.6. The molecule has 3 aliphatic heterocycles. The largest absolute Gasteiger partial charge is 0.388 e. The van der Waals surface area contributed by atoms with Gasteiger partial charge in [-0.2, -0.15) is 8.42 Å². The molecule has 0 radical (unpaired) electrons. The van der Waals surface area contributed by atoms with Gasteiger partial charge < -0.3 is 14.6 Å². The van der Waals surface area contributed by atoms with Gasteiger partial charge in [0, 0.05) is 0 Å². The lowest BCUT2D eigenvalue weighted by Gasteiger charge is -2.44.